The predicted octanol–water partition coefficient (Wildman–Crippen LogP) is 4.83. The molecule has 0 amide bonds. The Hall–Kier alpha value is -0.570. The van der Waals surface area contributed by atoms with Gasteiger partial charge in [-0.15, -0.1) is 0 Å². The molecule has 1 aromatic carbocycles. The molecule has 0 aromatic heterocycles. The molecule has 2 nitrogen and oxygen atoms in total. The van der Waals surface area contributed by atoms with E-state index in [9.17, 15) is 0 Å². The fourth-order valence-electron chi connectivity index (χ4n) is 2.29. The van der Waals surface area contributed by atoms with Gasteiger partial charge in [-0.2, -0.15) is 0 Å². The van der Waals surface area contributed by atoms with Crippen LogP contribution >= 0.6 is 11.6 Å². The van der Waals surface area contributed by atoms with E-state index in [0.29, 0.717) is 5.92 Å². The van der Waals surface area contributed by atoms with E-state index in [0.717, 1.165) is 18.2 Å². The van der Waals surface area contributed by atoms with Gasteiger partial charge in [0, 0.05) is 11.6 Å². The Labute approximate surface area is 128 Å². The van der Waals surface area contributed by atoms with Crippen LogP contribution in [0, 0.1) is 5.92 Å². The van der Waals surface area contributed by atoms with Crippen molar-refractivity contribution >= 4 is 11.6 Å². The van der Waals surface area contributed by atoms with E-state index in [1.54, 1.807) is 0 Å². The SMILES string of the molecule is CCCCC(CC)COC(CNC)c1ccc(Cl)cc1. The molecule has 0 heterocycles. The third-order valence-corrected chi connectivity index (χ3v) is 3.96. The van der Waals surface area contributed by atoms with Gasteiger partial charge in [-0.3, -0.25) is 0 Å². The van der Waals surface area contributed by atoms with Crippen LogP contribution in [0.2, 0.25) is 5.02 Å². The van der Waals surface area contributed by atoms with Crippen LogP contribution in [0.3, 0.4) is 0 Å². The van der Waals surface area contributed by atoms with Crippen molar-refractivity contribution in [3.05, 3.63) is 34.9 Å². The Morgan fingerprint density at radius 2 is 1.90 bits per heavy atom. The Bertz CT molecular complexity index is 353. The number of rotatable bonds is 10. The van der Waals surface area contributed by atoms with Gasteiger partial charge in [0.05, 0.1) is 12.7 Å². The highest BCUT2D eigenvalue weighted by Crippen LogP contribution is 2.22. The smallest absolute Gasteiger partial charge is 0.0949 e. The molecule has 2 atom stereocenters. The van der Waals surface area contributed by atoms with Gasteiger partial charge in [0.1, 0.15) is 0 Å². The summed E-state index contributed by atoms with van der Waals surface area (Å²) in [7, 11) is 1.96. The summed E-state index contributed by atoms with van der Waals surface area (Å²) >= 11 is 5.94. The highest BCUT2D eigenvalue weighted by Gasteiger charge is 2.14. The minimum atomic E-state index is 0.105. The van der Waals surface area contributed by atoms with Crippen LogP contribution in [-0.2, 0) is 4.74 Å². The molecule has 20 heavy (non-hydrogen) atoms. The van der Waals surface area contributed by atoms with Crippen LogP contribution in [0.1, 0.15) is 51.2 Å². The molecule has 2 unspecified atom stereocenters. The second kappa shape index (κ2) is 10.2. The first kappa shape index (κ1) is 17.5. The molecule has 0 aliphatic rings. The molecule has 0 fully saturated rings. The first-order chi connectivity index (χ1) is 9.71. The average molecular weight is 298 g/mol. The molecule has 0 radical (unpaired) electrons. The number of unbranched alkanes of at least 4 members (excludes halogenated alkanes) is 1. The highest BCUT2D eigenvalue weighted by atomic mass is 35.5. The van der Waals surface area contributed by atoms with Crippen molar-refractivity contribution < 1.29 is 4.74 Å². The fourth-order valence-corrected chi connectivity index (χ4v) is 2.41. The van der Waals surface area contributed by atoms with Crippen molar-refractivity contribution in [3.63, 3.8) is 0 Å². The Kier molecular flexibility index (Phi) is 8.92. The lowest BCUT2D eigenvalue weighted by Gasteiger charge is -2.22. The maximum atomic E-state index is 6.15. The number of hydrogen-bond acceptors (Lipinski definition) is 2. The predicted molar refractivity (Wildman–Crippen MR) is 87.4 cm³/mol. The van der Waals surface area contributed by atoms with E-state index in [1.807, 2.05) is 19.2 Å². The zero-order chi connectivity index (χ0) is 14.8. The summed E-state index contributed by atoms with van der Waals surface area (Å²) in [6.07, 6.45) is 5.10. The number of likely N-dealkylation sites (N-methyl/N-ethyl adjacent to an activating group) is 1. The van der Waals surface area contributed by atoms with E-state index in [2.05, 4.69) is 31.3 Å². The van der Waals surface area contributed by atoms with Gasteiger partial charge in [-0.1, -0.05) is 56.8 Å². The summed E-state index contributed by atoms with van der Waals surface area (Å²) < 4.78 is 6.15. The van der Waals surface area contributed by atoms with Crippen LogP contribution in [0.15, 0.2) is 24.3 Å². The Balaban J connectivity index is 2.55. The molecule has 0 aliphatic carbocycles. The van der Waals surface area contributed by atoms with Crippen molar-refractivity contribution in [2.45, 2.75) is 45.6 Å². The summed E-state index contributed by atoms with van der Waals surface area (Å²) in [6, 6.07) is 7.96. The molecule has 0 bridgehead atoms. The fraction of sp³-hybridized carbons (Fsp3) is 0.647. The normalized spacial score (nSPS) is 14.2. The minimum absolute atomic E-state index is 0.105. The first-order valence-electron chi connectivity index (χ1n) is 7.72. The van der Waals surface area contributed by atoms with Crippen LogP contribution < -0.4 is 5.32 Å². The molecule has 0 saturated carbocycles. The molecule has 114 valence electrons. The zero-order valence-electron chi connectivity index (χ0n) is 13.0. The third kappa shape index (κ3) is 6.25. The van der Waals surface area contributed by atoms with Crippen LogP contribution in [0.25, 0.3) is 0 Å². The molecule has 1 rings (SSSR count). The number of hydrogen-bond donors (Lipinski definition) is 1. The van der Waals surface area contributed by atoms with Crippen molar-refractivity contribution in [2.75, 3.05) is 20.2 Å². The van der Waals surface area contributed by atoms with Crippen molar-refractivity contribution in [1.82, 2.24) is 5.32 Å². The monoisotopic (exact) mass is 297 g/mol. The standard InChI is InChI=1S/C17H28ClNO/c1-4-6-7-14(5-2)13-20-17(12-19-3)15-8-10-16(18)11-9-15/h8-11,14,17,19H,4-7,12-13H2,1-3H3. The second-order valence-electron chi connectivity index (χ2n) is 5.35. The van der Waals surface area contributed by atoms with E-state index >= 15 is 0 Å². The van der Waals surface area contributed by atoms with Crippen molar-refractivity contribution in [3.8, 4) is 0 Å². The molecule has 1 N–H and O–H groups in total. The summed E-state index contributed by atoms with van der Waals surface area (Å²) in [6.45, 7) is 6.15. The van der Waals surface area contributed by atoms with Crippen molar-refractivity contribution in [2.24, 2.45) is 5.92 Å². The van der Waals surface area contributed by atoms with Crippen LogP contribution in [0.5, 0.6) is 0 Å². The lowest BCUT2D eigenvalue weighted by Crippen LogP contribution is -2.22. The number of benzene rings is 1. The van der Waals surface area contributed by atoms with E-state index in [-0.39, 0.29) is 6.10 Å². The maximum absolute atomic E-state index is 6.15. The van der Waals surface area contributed by atoms with E-state index in [4.69, 9.17) is 16.3 Å². The summed E-state index contributed by atoms with van der Waals surface area (Å²) in [5.41, 5.74) is 1.19. The van der Waals surface area contributed by atoms with Gasteiger partial charge in [-0.25, -0.2) is 0 Å². The summed E-state index contributed by atoms with van der Waals surface area (Å²) in [4.78, 5) is 0. The molecule has 0 saturated heterocycles. The van der Waals surface area contributed by atoms with Crippen LogP contribution in [0.4, 0.5) is 0 Å². The zero-order valence-corrected chi connectivity index (χ0v) is 13.7. The Morgan fingerprint density at radius 3 is 2.45 bits per heavy atom. The minimum Gasteiger partial charge on any atom is -0.372 e. The average Bonchev–Trinajstić information content (AvgIpc) is 2.47. The van der Waals surface area contributed by atoms with Crippen LogP contribution in [-0.4, -0.2) is 20.2 Å². The highest BCUT2D eigenvalue weighted by molar-refractivity contribution is 6.30. The maximum Gasteiger partial charge on any atom is 0.0949 e. The number of halogens is 1. The largest absolute Gasteiger partial charge is 0.372 e. The lowest BCUT2D eigenvalue weighted by molar-refractivity contribution is 0.0260. The summed E-state index contributed by atoms with van der Waals surface area (Å²) in [5.74, 6) is 0.668. The Morgan fingerprint density at radius 1 is 1.20 bits per heavy atom. The molecule has 3 heteroatoms. The molecular weight excluding hydrogens is 270 g/mol. The van der Waals surface area contributed by atoms with Gasteiger partial charge in [0.25, 0.3) is 0 Å². The van der Waals surface area contributed by atoms with Gasteiger partial charge >= 0.3 is 0 Å². The molecule has 0 spiro atoms. The molecular formula is C17H28ClNO. The second-order valence-corrected chi connectivity index (χ2v) is 5.78. The number of nitrogens with one attached hydrogen (secondary N) is 1. The van der Waals surface area contributed by atoms with E-state index in [1.165, 1.54) is 31.2 Å². The van der Waals surface area contributed by atoms with Crippen molar-refractivity contribution in [1.29, 1.82) is 0 Å². The molecule has 1 aromatic rings. The quantitative estimate of drug-likeness (QED) is 0.667. The van der Waals surface area contributed by atoms with Gasteiger partial charge < -0.3 is 10.1 Å². The number of ether oxygens (including phenoxy) is 1. The third-order valence-electron chi connectivity index (χ3n) is 3.71. The van der Waals surface area contributed by atoms with Gasteiger partial charge in [0.15, 0.2) is 0 Å². The van der Waals surface area contributed by atoms with Gasteiger partial charge in [-0.05, 0) is 37.1 Å². The van der Waals surface area contributed by atoms with Gasteiger partial charge in [0.2, 0.25) is 0 Å². The first-order valence-corrected chi connectivity index (χ1v) is 8.10. The lowest BCUT2D eigenvalue weighted by atomic mass is 10.0. The summed E-state index contributed by atoms with van der Waals surface area (Å²) in [5, 5.41) is 3.98. The van der Waals surface area contributed by atoms with E-state index < -0.39 is 0 Å². The molecule has 0 aliphatic heterocycles. The topological polar surface area (TPSA) is 21.3 Å².